The standard InChI is InChI=1S/C14H26N2/c1-4-13(2)8-5-6-11-16(3)14-9-7-10-15-12-14/h4-5,8,14-15H,6-7,9-12H2,1-3H3/b8-5-,13-4-. The van der Waals surface area contributed by atoms with Gasteiger partial charge in [0.1, 0.15) is 0 Å². The van der Waals surface area contributed by atoms with Gasteiger partial charge in [-0.2, -0.15) is 0 Å². The van der Waals surface area contributed by atoms with E-state index in [2.05, 4.69) is 49.3 Å². The number of piperidine rings is 1. The van der Waals surface area contributed by atoms with Gasteiger partial charge in [-0.1, -0.05) is 23.8 Å². The molecule has 0 bridgehead atoms. The van der Waals surface area contributed by atoms with Crippen molar-refractivity contribution in [3.63, 3.8) is 0 Å². The van der Waals surface area contributed by atoms with Crippen LogP contribution in [0.2, 0.25) is 0 Å². The fraction of sp³-hybridized carbons (Fsp3) is 0.714. The first-order valence-corrected chi connectivity index (χ1v) is 6.44. The lowest BCUT2D eigenvalue weighted by Crippen LogP contribution is -2.44. The number of nitrogens with zero attached hydrogens (tertiary/aromatic N) is 1. The lowest BCUT2D eigenvalue weighted by Gasteiger charge is -2.31. The monoisotopic (exact) mass is 222 g/mol. The lowest BCUT2D eigenvalue weighted by molar-refractivity contribution is 0.206. The summed E-state index contributed by atoms with van der Waals surface area (Å²) in [5.74, 6) is 0. The maximum Gasteiger partial charge on any atom is 0.0218 e. The third-order valence-corrected chi connectivity index (χ3v) is 3.38. The van der Waals surface area contributed by atoms with Crippen LogP contribution in [-0.2, 0) is 0 Å². The van der Waals surface area contributed by atoms with Crippen molar-refractivity contribution in [2.24, 2.45) is 0 Å². The van der Waals surface area contributed by atoms with Crippen molar-refractivity contribution in [1.29, 1.82) is 0 Å². The van der Waals surface area contributed by atoms with Gasteiger partial charge in [-0.05, 0) is 46.7 Å². The van der Waals surface area contributed by atoms with Crippen LogP contribution in [0.15, 0.2) is 23.8 Å². The van der Waals surface area contributed by atoms with E-state index in [1.165, 1.54) is 31.5 Å². The topological polar surface area (TPSA) is 15.3 Å². The first-order valence-electron chi connectivity index (χ1n) is 6.44. The number of likely N-dealkylation sites (N-methyl/N-ethyl adjacent to an activating group) is 1. The zero-order valence-corrected chi connectivity index (χ0v) is 11.0. The molecule has 1 N–H and O–H groups in total. The van der Waals surface area contributed by atoms with E-state index in [0.717, 1.165) is 19.0 Å². The van der Waals surface area contributed by atoms with E-state index >= 15 is 0 Å². The van der Waals surface area contributed by atoms with Gasteiger partial charge in [0, 0.05) is 19.1 Å². The van der Waals surface area contributed by atoms with Gasteiger partial charge < -0.3 is 10.2 Å². The SMILES string of the molecule is C/C=C(C)\C=C/CCN(C)C1CCCNC1. The Kier molecular flexibility index (Phi) is 6.43. The third-order valence-electron chi connectivity index (χ3n) is 3.38. The molecule has 1 unspecified atom stereocenters. The summed E-state index contributed by atoms with van der Waals surface area (Å²) in [5, 5.41) is 3.46. The van der Waals surface area contributed by atoms with Gasteiger partial charge >= 0.3 is 0 Å². The summed E-state index contributed by atoms with van der Waals surface area (Å²) in [4.78, 5) is 2.49. The van der Waals surface area contributed by atoms with Crippen molar-refractivity contribution >= 4 is 0 Å². The molecule has 1 rings (SSSR count). The van der Waals surface area contributed by atoms with Gasteiger partial charge in [0.2, 0.25) is 0 Å². The molecule has 1 saturated heterocycles. The van der Waals surface area contributed by atoms with Crippen LogP contribution in [0.4, 0.5) is 0 Å². The highest BCUT2D eigenvalue weighted by Gasteiger charge is 2.16. The summed E-state index contributed by atoms with van der Waals surface area (Å²) in [5.41, 5.74) is 1.35. The normalized spacial score (nSPS) is 23.2. The van der Waals surface area contributed by atoms with Crippen LogP contribution in [-0.4, -0.2) is 37.6 Å². The molecule has 1 heterocycles. The van der Waals surface area contributed by atoms with E-state index in [1.54, 1.807) is 0 Å². The Morgan fingerprint density at radius 2 is 2.31 bits per heavy atom. The third kappa shape index (κ3) is 4.95. The van der Waals surface area contributed by atoms with Crippen LogP contribution in [0.3, 0.4) is 0 Å². The van der Waals surface area contributed by atoms with Crippen molar-refractivity contribution in [3.05, 3.63) is 23.8 Å². The van der Waals surface area contributed by atoms with Crippen LogP contribution < -0.4 is 5.32 Å². The molecule has 0 spiro atoms. The summed E-state index contributed by atoms with van der Waals surface area (Å²) in [7, 11) is 2.24. The summed E-state index contributed by atoms with van der Waals surface area (Å²) in [6.07, 6.45) is 10.5. The van der Waals surface area contributed by atoms with Crippen LogP contribution in [0.5, 0.6) is 0 Å². The molecule has 0 aromatic heterocycles. The molecule has 2 heteroatoms. The first kappa shape index (κ1) is 13.5. The number of nitrogens with one attached hydrogen (secondary N) is 1. The second-order valence-electron chi connectivity index (χ2n) is 4.70. The minimum atomic E-state index is 0.741. The second-order valence-corrected chi connectivity index (χ2v) is 4.70. The van der Waals surface area contributed by atoms with E-state index in [-0.39, 0.29) is 0 Å². The number of rotatable bonds is 5. The predicted molar refractivity (Wildman–Crippen MR) is 71.7 cm³/mol. The lowest BCUT2D eigenvalue weighted by atomic mass is 10.1. The van der Waals surface area contributed by atoms with Gasteiger partial charge in [-0.3, -0.25) is 0 Å². The molecule has 0 saturated carbocycles. The average Bonchev–Trinajstić information content (AvgIpc) is 2.35. The van der Waals surface area contributed by atoms with Crippen LogP contribution in [0.1, 0.15) is 33.1 Å². The molecule has 92 valence electrons. The van der Waals surface area contributed by atoms with Gasteiger partial charge in [0.15, 0.2) is 0 Å². The molecule has 1 fully saturated rings. The quantitative estimate of drug-likeness (QED) is 0.719. The zero-order valence-electron chi connectivity index (χ0n) is 11.0. The Morgan fingerprint density at radius 3 is 2.94 bits per heavy atom. The van der Waals surface area contributed by atoms with Crippen LogP contribution in [0.25, 0.3) is 0 Å². The molecule has 0 radical (unpaired) electrons. The Hall–Kier alpha value is -0.600. The molecular weight excluding hydrogens is 196 g/mol. The van der Waals surface area contributed by atoms with Crippen molar-refractivity contribution in [2.45, 2.75) is 39.2 Å². The van der Waals surface area contributed by atoms with Crippen molar-refractivity contribution in [1.82, 2.24) is 10.2 Å². The summed E-state index contributed by atoms with van der Waals surface area (Å²) in [6, 6.07) is 0.741. The number of allylic oxidation sites excluding steroid dienone is 3. The minimum absolute atomic E-state index is 0.741. The molecule has 0 aromatic carbocycles. The molecule has 1 atom stereocenters. The van der Waals surface area contributed by atoms with E-state index in [4.69, 9.17) is 0 Å². The molecular formula is C14H26N2. The summed E-state index contributed by atoms with van der Waals surface area (Å²) < 4.78 is 0. The van der Waals surface area contributed by atoms with Crippen LogP contribution >= 0.6 is 0 Å². The van der Waals surface area contributed by atoms with E-state index in [1.807, 2.05) is 0 Å². The minimum Gasteiger partial charge on any atom is -0.315 e. The Balaban J connectivity index is 2.18. The predicted octanol–water partition coefficient (Wildman–Crippen LogP) is 2.58. The maximum absolute atomic E-state index is 3.46. The van der Waals surface area contributed by atoms with E-state index < -0.39 is 0 Å². The van der Waals surface area contributed by atoms with E-state index in [0.29, 0.717) is 0 Å². The highest BCUT2D eigenvalue weighted by Crippen LogP contribution is 2.08. The Bertz CT molecular complexity index is 237. The number of hydrogen-bond donors (Lipinski definition) is 1. The van der Waals surface area contributed by atoms with Crippen LogP contribution in [0, 0.1) is 0 Å². The first-order chi connectivity index (χ1) is 7.74. The molecule has 1 aliphatic rings. The molecule has 0 aliphatic carbocycles. The molecule has 0 amide bonds. The fourth-order valence-electron chi connectivity index (χ4n) is 2.04. The van der Waals surface area contributed by atoms with Gasteiger partial charge in [-0.25, -0.2) is 0 Å². The van der Waals surface area contributed by atoms with Gasteiger partial charge in [-0.15, -0.1) is 0 Å². The molecule has 2 nitrogen and oxygen atoms in total. The Labute approximate surface area is 100 Å². The van der Waals surface area contributed by atoms with Gasteiger partial charge in [0.25, 0.3) is 0 Å². The molecule has 1 aliphatic heterocycles. The highest BCUT2D eigenvalue weighted by molar-refractivity contribution is 5.14. The van der Waals surface area contributed by atoms with Crippen molar-refractivity contribution in [3.8, 4) is 0 Å². The van der Waals surface area contributed by atoms with Crippen molar-refractivity contribution < 1.29 is 0 Å². The second kappa shape index (κ2) is 7.64. The number of hydrogen-bond acceptors (Lipinski definition) is 2. The Morgan fingerprint density at radius 1 is 1.50 bits per heavy atom. The fourth-order valence-corrected chi connectivity index (χ4v) is 2.04. The smallest absolute Gasteiger partial charge is 0.0218 e. The van der Waals surface area contributed by atoms with Gasteiger partial charge in [0.05, 0.1) is 0 Å². The van der Waals surface area contributed by atoms with E-state index in [9.17, 15) is 0 Å². The molecule has 16 heavy (non-hydrogen) atoms. The molecule has 0 aromatic rings. The average molecular weight is 222 g/mol. The summed E-state index contributed by atoms with van der Waals surface area (Å²) >= 11 is 0. The highest BCUT2D eigenvalue weighted by atomic mass is 15.1. The zero-order chi connectivity index (χ0) is 11.8. The largest absolute Gasteiger partial charge is 0.315 e. The van der Waals surface area contributed by atoms with Crippen molar-refractivity contribution in [2.75, 3.05) is 26.7 Å². The maximum atomic E-state index is 3.46. The summed E-state index contributed by atoms with van der Waals surface area (Å²) in [6.45, 7) is 7.75.